The van der Waals surface area contributed by atoms with Crippen LogP contribution >= 0.6 is 0 Å². The van der Waals surface area contributed by atoms with E-state index in [-0.39, 0.29) is 0 Å². The molecule has 3 aromatic heterocycles. The summed E-state index contributed by atoms with van der Waals surface area (Å²) in [5.74, 6) is 0.814. The summed E-state index contributed by atoms with van der Waals surface area (Å²) < 4.78 is 4.78. The largest absolute Gasteiger partial charge is 0.309 e. The van der Waals surface area contributed by atoms with E-state index in [1.807, 2.05) is 12.1 Å². The quantitative estimate of drug-likeness (QED) is 0.193. The maximum atomic E-state index is 5.44. The SMILES string of the molecule is c1ccc2cc(-c3nc4ccccc4nc3-n3c4cc5ccccc5cc4c4c(-n5c6ccccc6c6ccccc65)cccc43)ccc2c1. The molecule has 0 saturated carbocycles. The smallest absolute Gasteiger partial charge is 0.165 e. The van der Waals surface area contributed by atoms with Gasteiger partial charge in [0.1, 0.15) is 5.69 Å². The van der Waals surface area contributed by atoms with E-state index in [2.05, 4.69) is 167 Å². The van der Waals surface area contributed by atoms with Gasteiger partial charge in [0.25, 0.3) is 0 Å². The predicted octanol–water partition coefficient (Wildman–Crippen LogP) is 11.8. The van der Waals surface area contributed by atoms with Crippen molar-refractivity contribution in [3.05, 3.63) is 170 Å². The second-order valence-electron chi connectivity index (χ2n) is 13.0. The van der Waals surface area contributed by atoms with E-state index in [4.69, 9.17) is 9.97 Å². The molecule has 0 atom stereocenters. The van der Waals surface area contributed by atoms with Crippen LogP contribution in [0.5, 0.6) is 0 Å². The van der Waals surface area contributed by atoms with Gasteiger partial charge in [-0.1, -0.05) is 115 Å². The first kappa shape index (κ1) is 27.2. The first-order chi connectivity index (χ1) is 24.8. The van der Waals surface area contributed by atoms with Gasteiger partial charge in [-0.2, -0.15) is 0 Å². The molecule has 11 rings (SSSR count). The van der Waals surface area contributed by atoms with Crippen LogP contribution in [-0.4, -0.2) is 19.1 Å². The van der Waals surface area contributed by atoms with Crippen molar-refractivity contribution < 1.29 is 0 Å². The number of aromatic nitrogens is 4. The van der Waals surface area contributed by atoms with E-state index in [0.717, 1.165) is 44.8 Å². The molecule has 3 heterocycles. The minimum Gasteiger partial charge on any atom is -0.309 e. The molecule has 11 aromatic rings. The number of rotatable bonds is 3. The molecule has 0 aliphatic rings. The molecule has 0 aliphatic carbocycles. The Balaban J connectivity index is 1.32. The van der Waals surface area contributed by atoms with Crippen LogP contribution in [0.3, 0.4) is 0 Å². The molecule has 0 radical (unpaired) electrons. The third-order valence-corrected chi connectivity index (χ3v) is 10.2. The average molecular weight is 637 g/mol. The van der Waals surface area contributed by atoms with Crippen molar-refractivity contribution in [3.8, 4) is 22.8 Å². The zero-order valence-electron chi connectivity index (χ0n) is 27.0. The number of nitrogens with zero attached hydrogens (tertiary/aromatic N) is 4. The molecule has 0 unspecified atom stereocenters. The van der Waals surface area contributed by atoms with Crippen molar-refractivity contribution in [2.24, 2.45) is 0 Å². The highest BCUT2D eigenvalue weighted by Crippen LogP contribution is 2.42. The molecule has 4 heteroatoms. The summed E-state index contributed by atoms with van der Waals surface area (Å²) in [5.41, 5.74) is 9.31. The molecular weight excluding hydrogens is 609 g/mol. The maximum Gasteiger partial charge on any atom is 0.165 e. The van der Waals surface area contributed by atoms with Crippen LogP contribution in [-0.2, 0) is 0 Å². The van der Waals surface area contributed by atoms with Crippen LogP contribution < -0.4 is 0 Å². The van der Waals surface area contributed by atoms with Crippen molar-refractivity contribution in [1.82, 2.24) is 19.1 Å². The molecule has 0 fully saturated rings. The molecule has 0 N–H and O–H groups in total. The van der Waals surface area contributed by atoms with Crippen LogP contribution in [0.2, 0.25) is 0 Å². The van der Waals surface area contributed by atoms with Gasteiger partial charge in [-0.15, -0.1) is 0 Å². The van der Waals surface area contributed by atoms with Gasteiger partial charge in [0.2, 0.25) is 0 Å². The lowest BCUT2D eigenvalue weighted by atomic mass is 10.0. The Labute approximate surface area is 287 Å². The standard InChI is InChI=1S/C46H28N4/c1-2-13-30-26-33(25-24-29(30)12-1)45-46(48-38-19-8-7-18-37(38)47-45)50-42-23-11-22-41(44(42)36-27-31-14-3-4-15-32(31)28-43(36)50)49-39-20-9-5-16-34(39)35-17-6-10-21-40(35)49/h1-28H. The topological polar surface area (TPSA) is 35.6 Å². The summed E-state index contributed by atoms with van der Waals surface area (Å²) in [6, 6.07) is 60.7. The van der Waals surface area contributed by atoms with Gasteiger partial charge in [-0.05, 0) is 76.1 Å². The zero-order valence-corrected chi connectivity index (χ0v) is 27.0. The van der Waals surface area contributed by atoms with Gasteiger partial charge >= 0.3 is 0 Å². The lowest BCUT2D eigenvalue weighted by molar-refractivity contribution is 1.08. The summed E-state index contributed by atoms with van der Waals surface area (Å²) in [6.07, 6.45) is 0. The number of para-hydroxylation sites is 4. The highest BCUT2D eigenvalue weighted by Gasteiger charge is 2.23. The monoisotopic (exact) mass is 636 g/mol. The van der Waals surface area contributed by atoms with E-state index < -0.39 is 0 Å². The first-order valence-corrected chi connectivity index (χ1v) is 17.0. The van der Waals surface area contributed by atoms with Crippen molar-refractivity contribution in [2.45, 2.75) is 0 Å². The van der Waals surface area contributed by atoms with Gasteiger partial charge in [0.15, 0.2) is 5.82 Å². The van der Waals surface area contributed by atoms with Gasteiger partial charge in [0, 0.05) is 27.1 Å². The fourth-order valence-corrected chi connectivity index (χ4v) is 8.01. The third kappa shape index (κ3) is 3.87. The highest BCUT2D eigenvalue weighted by molar-refractivity contribution is 6.19. The average Bonchev–Trinajstić information content (AvgIpc) is 3.68. The van der Waals surface area contributed by atoms with E-state index in [1.165, 1.54) is 54.1 Å². The van der Waals surface area contributed by atoms with E-state index in [1.54, 1.807) is 0 Å². The van der Waals surface area contributed by atoms with E-state index >= 15 is 0 Å². The minimum absolute atomic E-state index is 0.814. The molecule has 0 spiro atoms. The van der Waals surface area contributed by atoms with Crippen molar-refractivity contribution in [1.29, 1.82) is 0 Å². The third-order valence-electron chi connectivity index (χ3n) is 10.2. The van der Waals surface area contributed by atoms with Gasteiger partial charge in [0.05, 0.1) is 38.8 Å². The van der Waals surface area contributed by atoms with Crippen LogP contribution in [0.1, 0.15) is 0 Å². The lowest BCUT2D eigenvalue weighted by Crippen LogP contribution is -2.04. The molecule has 4 nitrogen and oxygen atoms in total. The van der Waals surface area contributed by atoms with Crippen LogP contribution in [0.4, 0.5) is 0 Å². The molecule has 0 aliphatic heterocycles. The molecule has 0 amide bonds. The van der Waals surface area contributed by atoms with Gasteiger partial charge in [-0.3, -0.25) is 4.57 Å². The van der Waals surface area contributed by atoms with Crippen LogP contribution in [0, 0.1) is 0 Å². The Bertz CT molecular complexity index is 3110. The van der Waals surface area contributed by atoms with Gasteiger partial charge < -0.3 is 4.57 Å². The van der Waals surface area contributed by atoms with Crippen LogP contribution in [0.25, 0.3) is 99.0 Å². The summed E-state index contributed by atoms with van der Waals surface area (Å²) in [6.45, 7) is 0. The Morgan fingerprint density at radius 2 is 0.940 bits per heavy atom. The molecule has 0 saturated heterocycles. The summed E-state index contributed by atoms with van der Waals surface area (Å²) in [4.78, 5) is 10.8. The zero-order chi connectivity index (χ0) is 32.8. The molecule has 232 valence electrons. The Kier molecular flexibility index (Phi) is 5.63. The Morgan fingerprint density at radius 3 is 1.68 bits per heavy atom. The maximum absolute atomic E-state index is 5.44. The highest BCUT2D eigenvalue weighted by atomic mass is 15.1. The summed E-state index contributed by atoms with van der Waals surface area (Å²) in [5, 5.41) is 9.61. The van der Waals surface area contributed by atoms with E-state index in [0.29, 0.717) is 0 Å². The Hall–Kier alpha value is -6.78. The second kappa shape index (κ2) is 10.4. The van der Waals surface area contributed by atoms with Crippen LogP contribution in [0.15, 0.2) is 170 Å². The normalized spacial score (nSPS) is 12.0. The van der Waals surface area contributed by atoms with Crippen molar-refractivity contribution in [2.75, 3.05) is 0 Å². The first-order valence-electron chi connectivity index (χ1n) is 17.0. The number of benzene rings is 8. The molecule has 0 bridgehead atoms. The van der Waals surface area contributed by atoms with Gasteiger partial charge in [-0.25, -0.2) is 9.97 Å². The lowest BCUT2D eigenvalue weighted by Gasteiger charge is -2.15. The molecular formula is C46H28N4. The minimum atomic E-state index is 0.814. The summed E-state index contributed by atoms with van der Waals surface area (Å²) >= 11 is 0. The number of fused-ring (bicyclic) bond motifs is 9. The predicted molar refractivity (Wildman–Crippen MR) is 209 cm³/mol. The summed E-state index contributed by atoms with van der Waals surface area (Å²) in [7, 11) is 0. The molecule has 8 aromatic carbocycles. The fourth-order valence-electron chi connectivity index (χ4n) is 8.01. The Morgan fingerprint density at radius 1 is 0.360 bits per heavy atom. The van der Waals surface area contributed by atoms with Crippen molar-refractivity contribution in [3.63, 3.8) is 0 Å². The number of hydrogen-bond acceptors (Lipinski definition) is 2. The van der Waals surface area contributed by atoms with Crippen molar-refractivity contribution >= 4 is 76.2 Å². The van der Waals surface area contributed by atoms with E-state index in [9.17, 15) is 0 Å². The molecule has 50 heavy (non-hydrogen) atoms. The fraction of sp³-hybridized carbons (Fsp3) is 0. The second-order valence-corrected chi connectivity index (χ2v) is 13.0. The number of hydrogen-bond donors (Lipinski definition) is 0.